The van der Waals surface area contributed by atoms with Crippen LogP contribution in [0.4, 0.5) is 9.59 Å². The van der Waals surface area contributed by atoms with E-state index in [0.29, 0.717) is 12.8 Å². The van der Waals surface area contributed by atoms with Gasteiger partial charge in [-0.3, -0.25) is 0 Å². The molecule has 0 fully saturated rings. The lowest BCUT2D eigenvalue weighted by atomic mass is 10.3. The Kier molecular flexibility index (Phi) is 7.90. The summed E-state index contributed by atoms with van der Waals surface area (Å²) in [5.74, 6) is 0. The molecule has 0 heterocycles. The van der Waals surface area contributed by atoms with Crippen molar-refractivity contribution >= 4 is 12.3 Å². The maximum atomic E-state index is 10.6. The van der Waals surface area contributed by atoms with Crippen LogP contribution in [-0.4, -0.2) is 44.5 Å². The number of methoxy groups -OCH3 is 2. The predicted octanol–water partition coefficient (Wildman–Crippen LogP) is 1.15. The largest absolute Gasteiger partial charge is 0.549 e. The first-order valence-corrected chi connectivity index (χ1v) is 4.40. The lowest BCUT2D eigenvalue weighted by molar-refractivity contribution is -0.213. The number of rotatable bonds is 6. The van der Waals surface area contributed by atoms with Gasteiger partial charge < -0.3 is 19.3 Å². The van der Waals surface area contributed by atoms with Gasteiger partial charge in [0.25, 0.3) is 0 Å². The molecule has 0 aliphatic carbocycles. The van der Waals surface area contributed by atoms with Gasteiger partial charge in [-0.25, -0.2) is 9.68 Å². The molecule has 0 aromatic rings. The van der Waals surface area contributed by atoms with Crippen molar-refractivity contribution in [1.29, 1.82) is 0 Å². The molecule has 94 valence electrons. The van der Waals surface area contributed by atoms with Crippen molar-refractivity contribution in [2.45, 2.75) is 19.1 Å². The third-order valence-corrected chi connectivity index (χ3v) is 1.51. The SMILES string of the molecule is COC(CCCOC(=O)OOC(=O)O)OC. The second-order valence-corrected chi connectivity index (χ2v) is 2.57. The highest BCUT2D eigenvalue weighted by Gasteiger charge is 2.10. The van der Waals surface area contributed by atoms with E-state index < -0.39 is 12.3 Å². The van der Waals surface area contributed by atoms with Gasteiger partial charge >= 0.3 is 12.3 Å². The van der Waals surface area contributed by atoms with Gasteiger partial charge in [0.1, 0.15) is 0 Å². The Labute approximate surface area is 91.9 Å². The number of carbonyl (C=O) groups is 2. The maximum absolute atomic E-state index is 10.6. The van der Waals surface area contributed by atoms with Gasteiger partial charge in [0.2, 0.25) is 0 Å². The van der Waals surface area contributed by atoms with Gasteiger partial charge in [-0.05, 0) is 6.42 Å². The summed E-state index contributed by atoms with van der Waals surface area (Å²) in [7, 11) is 2.98. The van der Waals surface area contributed by atoms with Gasteiger partial charge in [-0.2, -0.15) is 9.68 Å². The van der Waals surface area contributed by atoms with Crippen LogP contribution in [-0.2, 0) is 24.0 Å². The molecule has 0 saturated carbocycles. The molecule has 0 rings (SSSR count). The molecule has 8 heteroatoms. The van der Waals surface area contributed by atoms with Gasteiger partial charge in [-0.1, -0.05) is 0 Å². The highest BCUT2D eigenvalue weighted by molar-refractivity contribution is 5.62. The normalized spacial score (nSPS) is 9.94. The molecule has 0 atom stereocenters. The van der Waals surface area contributed by atoms with Crippen molar-refractivity contribution < 1.29 is 38.7 Å². The molecule has 0 aliphatic heterocycles. The van der Waals surface area contributed by atoms with E-state index in [1.54, 1.807) is 0 Å². The molecule has 1 N–H and O–H groups in total. The Morgan fingerprint density at radius 1 is 1.19 bits per heavy atom. The zero-order valence-electron chi connectivity index (χ0n) is 9.00. The molecular formula is C8H14O8. The monoisotopic (exact) mass is 238 g/mol. The summed E-state index contributed by atoms with van der Waals surface area (Å²) in [6.45, 7) is 0.0467. The number of ether oxygens (including phenoxy) is 3. The van der Waals surface area contributed by atoms with Crippen LogP contribution in [0.2, 0.25) is 0 Å². The summed E-state index contributed by atoms with van der Waals surface area (Å²) in [6, 6.07) is 0. The third kappa shape index (κ3) is 7.83. The Morgan fingerprint density at radius 3 is 2.31 bits per heavy atom. The second-order valence-electron chi connectivity index (χ2n) is 2.57. The first kappa shape index (κ1) is 14.5. The van der Waals surface area contributed by atoms with Crippen molar-refractivity contribution in [3.05, 3.63) is 0 Å². The molecule has 0 aliphatic rings. The van der Waals surface area contributed by atoms with Gasteiger partial charge in [0.15, 0.2) is 6.29 Å². The highest BCUT2D eigenvalue weighted by Crippen LogP contribution is 2.02. The first-order valence-electron chi connectivity index (χ1n) is 4.40. The summed E-state index contributed by atoms with van der Waals surface area (Å²) in [6.07, 6.45) is -2.30. The van der Waals surface area contributed by atoms with Gasteiger partial charge in [-0.15, -0.1) is 0 Å². The van der Waals surface area contributed by atoms with Crippen molar-refractivity contribution in [2.24, 2.45) is 0 Å². The van der Waals surface area contributed by atoms with Gasteiger partial charge in [0.05, 0.1) is 6.61 Å². The van der Waals surface area contributed by atoms with Gasteiger partial charge in [0, 0.05) is 20.6 Å². The fraction of sp³-hybridized carbons (Fsp3) is 0.750. The molecule has 0 radical (unpaired) electrons. The summed E-state index contributed by atoms with van der Waals surface area (Å²) in [4.78, 5) is 27.7. The average Bonchev–Trinajstić information content (AvgIpc) is 2.26. The molecule has 0 aromatic heterocycles. The fourth-order valence-electron chi connectivity index (χ4n) is 0.831. The van der Waals surface area contributed by atoms with Crippen molar-refractivity contribution in [3.8, 4) is 0 Å². The van der Waals surface area contributed by atoms with Crippen molar-refractivity contribution in [1.82, 2.24) is 0 Å². The number of hydrogen-bond acceptors (Lipinski definition) is 7. The zero-order valence-corrected chi connectivity index (χ0v) is 9.00. The van der Waals surface area contributed by atoms with E-state index in [1.165, 1.54) is 14.2 Å². The van der Waals surface area contributed by atoms with E-state index in [0.717, 1.165) is 0 Å². The number of carbonyl (C=O) groups excluding carboxylic acids is 1. The smallest absolute Gasteiger partial charge is 0.447 e. The van der Waals surface area contributed by atoms with Crippen LogP contribution in [0.15, 0.2) is 0 Å². The molecule has 0 bridgehead atoms. The minimum absolute atomic E-state index is 0.0467. The minimum Gasteiger partial charge on any atom is -0.447 e. The van der Waals surface area contributed by atoms with E-state index in [2.05, 4.69) is 14.5 Å². The lowest BCUT2D eigenvalue weighted by Crippen LogP contribution is -2.15. The molecule has 0 amide bonds. The molecule has 0 spiro atoms. The fourth-order valence-corrected chi connectivity index (χ4v) is 0.831. The molecule has 0 saturated heterocycles. The molecule has 8 nitrogen and oxygen atoms in total. The van der Waals surface area contributed by atoms with E-state index in [4.69, 9.17) is 14.6 Å². The van der Waals surface area contributed by atoms with Crippen molar-refractivity contribution in [3.63, 3.8) is 0 Å². The second kappa shape index (κ2) is 8.74. The van der Waals surface area contributed by atoms with Crippen LogP contribution in [0.3, 0.4) is 0 Å². The molecule has 0 unspecified atom stereocenters. The highest BCUT2D eigenvalue weighted by atomic mass is 17.3. The van der Waals surface area contributed by atoms with E-state index >= 15 is 0 Å². The first-order chi connectivity index (χ1) is 7.60. The number of hydrogen-bond donors (Lipinski definition) is 1. The van der Waals surface area contributed by atoms with Crippen LogP contribution >= 0.6 is 0 Å². The average molecular weight is 238 g/mol. The summed E-state index contributed by atoms with van der Waals surface area (Å²) in [5, 5.41) is 7.98. The Morgan fingerprint density at radius 2 is 1.81 bits per heavy atom. The Bertz CT molecular complexity index is 212. The molecule has 16 heavy (non-hydrogen) atoms. The molecular weight excluding hydrogens is 224 g/mol. The van der Waals surface area contributed by atoms with Crippen LogP contribution in [0, 0.1) is 0 Å². The topological polar surface area (TPSA) is 101 Å². The zero-order chi connectivity index (χ0) is 12.4. The minimum atomic E-state index is -1.73. The maximum Gasteiger partial charge on any atom is 0.549 e. The van der Waals surface area contributed by atoms with E-state index in [-0.39, 0.29) is 12.9 Å². The standard InChI is InChI=1S/C8H14O8/c1-12-6(13-2)4-3-5-14-8(11)16-15-7(9)10/h6H,3-5H2,1-2H3,(H,9,10). The quantitative estimate of drug-likeness (QED) is 0.242. The Balaban J connectivity index is 3.43. The van der Waals surface area contributed by atoms with E-state index in [1.807, 2.05) is 0 Å². The summed E-state index contributed by atoms with van der Waals surface area (Å²) >= 11 is 0. The number of carboxylic acid groups (broad SMARTS) is 1. The van der Waals surface area contributed by atoms with Crippen LogP contribution in [0.5, 0.6) is 0 Å². The predicted molar refractivity (Wildman–Crippen MR) is 48.6 cm³/mol. The van der Waals surface area contributed by atoms with E-state index in [9.17, 15) is 9.59 Å². The summed E-state index contributed by atoms with van der Waals surface area (Å²) < 4.78 is 14.2. The van der Waals surface area contributed by atoms with Crippen molar-refractivity contribution in [2.75, 3.05) is 20.8 Å². The van der Waals surface area contributed by atoms with Crippen LogP contribution < -0.4 is 0 Å². The Hall–Kier alpha value is -1.54. The van der Waals surface area contributed by atoms with Crippen LogP contribution in [0.1, 0.15) is 12.8 Å². The third-order valence-electron chi connectivity index (χ3n) is 1.51. The molecule has 0 aromatic carbocycles. The summed E-state index contributed by atoms with van der Waals surface area (Å²) in [5.41, 5.74) is 0. The van der Waals surface area contributed by atoms with Crippen LogP contribution in [0.25, 0.3) is 0 Å². The lowest BCUT2D eigenvalue weighted by Gasteiger charge is -2.12.